The summed E-state index contributed by atoms with van der Waals surface area (Å²) in [5, 5.41) is 5.91. The van der Waals surface area contributed by atoms with Crippen LogP contribution >= 0.6 is 33.9 Å². The zero-order chi connectivity index (χ0) is 19.0. The summed E-state index contributed by atoms with van der Waals surface area (Å²) in [7, 11) is 0. The van der Waals surface area contributed by atoms with Crippen LogP contribution in [0.3, 0.4) is 0 Å². The van der Waals surface area contributed by atoms with E-state index < -0.39 is 0 Å². The van der Waals surface area contributed by atoms with Crippen molar-refractivity contribution in [3.63, 3.8) is 0 Å². The molecule has 2 aromatic carbocycles. The lowest BCUT2D eigenvalue weighted by Gasteiger charge is -2.07. The number of urea groups is 1. The fourth-order valence-electron chi connectivity index (χ4n) is 2.70. The standard InChI is InChI=1S/C18H13IN4O3S/c19-10-1-3-11(4-2-10)20-17(26)21-12-5-6-13-14(9-12)27-18(22-13)23-15(24)7-8-16(23)25/h1-6,9H,7-8H2,(H2,20,21,26). The molecule has 0 radical (unpaired) electrons. The smallest absolute Gasteiger partial charge is 0.308 e. The normalized spacial score (nSPS) is 14.0. The maximum absolute atomic E-state index is 12.2. The Balaban J connectivity index is 1.51. The van der Waals surface area contributed by atoms with Crippen molar-refractivity contribution in [1.29, 1.82) is 0 Å². The van der Waals surface area contributed by atoms with Gasteiger partial charge in [0.25, 0.3) is 0 Å². The molecule has 3 aromatic rings. The number of imide groups is 1. The van der Waals surface area contributed by atoms with Gasteiger partial charge >= 0.3 is 6.03 Å². The Hall–Kier alpha value is -2.53. The molecular weight excluding hydrogens is 479 g/mol. The van der Waals surface area contributed by atoms with Crippen LogP contribution in [0.5, 0.6) is 0 Å². The topological polar surface area (TPSA) is 91.4 Å². The van der Waals surface area contributed by atoms with Crippen molar-refractivity contribution in [3.05, 3.63) is 46.0 Å². The highest BCUT2D eigenvalue weighted by molar-refractivity contribution is 14.1. The second-order valence-corrected chi connectivity index (χ2v) is 8.14. The molecule has 0 unspecified atom stereocenters. The number of rotatable bonds is 3. The maximum atomic E-state index is 12.2. The predicted molar refractivity (Wildman–Crippen MR) is 113 cm³/mol. The van der Waals surface area contributed by atoms with Crippen molar-refractivity contribution in [2.24, 2.45) is 0 Å². The molecule has 4 amide bonds. The van der Waals surface area contributed by atoms with Gasteiger partial charge in [0.2, 0.25) is 11.8 Å². The molecule has 1 fully saturated rings. The number of thiazole rings is 1. The zero-order valence-corrected chi connectivity index (χ0v) is 16.8. The minimum Gasteiger partial charge on any atom is -0.308 e. The fraction of sp³-hybridized carbons (Fsp3) is 0.111. The highest BCUT2D eigenvalue weighted by Gasteiger charge is 2.32. The van der Waals surface area contributed by atoms with Crippen LogP contribution in [0.2, 0.25) is 0 Å². The summed E-state index contributed by atoms with van der Waals surface area (Å²) < 4.78 is 1.87. The molecule has 0 aliphatic carbocycles. The van der Waals surface area contributed by atoms with E-state index >= 15 is 0 Å². The Bertz CT molecular complexity index is 1050. The summed E-state index contributed by atoms with van der Waals surface area (Å²) in [6.07, 6.45) is 0.445. The highest BCUT2D eigenvalue weighted by Crippen LogP contribution is 2.33. The molecule has 1 saturated heterocycles. The summed E-state index contributed by atoms with van der Waals surface area (Å²) in [6.45, 7) is 0. The number of carbonyl (C=O) groups excluding carboxylic acids is 3. The van der Waals surface area contributed by atoms with Crippen LogP contribution in [-0.2, 0) is 9.59 Å². The Morgan fingerprint density at radius 3 is 2.33 bits per heavy atom. The number of hydrogen-bond donors (Lipinski definition) is 2. The van der Waals surface area contributed by atoms with E-state index in [0.717, 1.165) is 13.2 Å². The van der Waals surface area contributed by atoms with Gasteiger partial charge in [-0.3, -0.25) is 9.59 Å². The van der Waals surface area contributed by atoms with Gasteiger partial charge < -0.3 is 10.6 Å². The van der Waals surface area contributed by atoms with E-state index in [0.29, 0.717) is 22.0 Å². The lowest BCUT2D eigenvalue weighted by atomic mass is 10.3. The van der Waals surface area contributed by atoms with Gasteiger partial charge in [-0.2, -0.15) is 0 Å². The molecule has 0 bridgehead atoms. The van der Waals surface area contributed by atoms with E-state index in [4.69, 9.17) is 0 Å². The minimum atomic E-state index is -0.356. The number of amides is 4. The third kappa shape index (κ3) is 3.78. The first-order valence-electron chi connectivity index (χ1n) is 8.09. The van der Waals surface area contributed by atoms with Crippen LogP contribution < -0.4 is 15.5 Å². The van der Waals surface area contributed by atoms with Gasteiger partial charge in [-0.1, -0.05) is 11.3 Å². The van der Waals surface area contributed by atoms with E-state index in [2.05, 4.69) is 38.2 Å². The molecule has 4 rings (SSSR count). The van der Waals surface area contributed by atoms with Gasteiger partial charge in [0.1, 0.15) is 0 Å². The van der Waals surface area contributed by atoms with E-state index in [1.54, 1.807) is 18.2 Å². The molecule has 1 aromatic heterocycles. The highest BCUT2D eigenvalue weighted by atomic mass is 127. The van der Waals surface area contributed by atoms with Crippen LogP contribution in [0, 0.1) is 3.57 Å². The lowest BCUT2D eigenvalue weighted by Crippen LogP contribution is -2.28. The van der Waals surface area contributed by atoms with Crippen LogP contribution in [0.15, 0.2) is 42.5 Å². The molecule has 1 aliphatic heterocycles. The summed E-state index contributed by atoms with van der Waals surface area (Å²) >= 11 is 3.45. The molecular formula is C18H13IN4O3S. The average Bonchev–Trinajstić information content (AvgIpc) is 3.19. The molecule has 2 N–H and O–H groups in total. The SMILES string of the molecule is O=C(Nc1ccc(I)cc1)Nc1ccc2nc(N3C(=O)CCC3=O)sc2c1. The van der Waals surface area contributed by atoms with Gasteiger partial charge in [0.15, 0.2) is 5.13 Å². The first-order chi connectivity index (χ1) is 13.0. The van der Waals surface area contributed by atoms with E-state index in [-0.39, 0.29) is 30.7 Å². The van der Waals surface area contributed by atoms with Crippen molar-refractivity contribution in [3.8, 4) is 0 Å². The number of benzene rings is 2. The van der Waals surface area contributed by atoms with Crippen LogP contribution in [0.4, 0.5) is 21.3 Å². The predicted octanol–water partition coefficient (Wildman–Crippen LogP) is 4.20. The summed E-state index contributed by atoms with van der Waals surface area (Å²) in [5.41, 5.74) is 1.96. The number of carbonyl (C=O) groups is 3. The lowest BCUT2D eigenvalue weighted by molar-refractivity contribution is -0.121. The maximum Gasteiger partial charge on any atom is 0.323 e. The number of halogens is 1. The number of nitrogens with zero attached hydrogens (tertiary/aromatic N) is 2. The van der Waals surface area contributed by atoms with Gasteiger partial charge in [-0.15, -0.1) is 0 Å². The van der Waals surface area contributed by atoms with Crippen molar-refractivity contribution < 1.29 is 14.4 Å². The van der Waals surface area contributed by atoms with Crippen molar-refractivity contribution in [2.75, 3.05) is 15.5 Å². The number of hydrogen-bond acceptors (Lipinski definition) is 5. The van der Waals surface area contributed by atoms with E-state index in [1.165, 1.54) is 11.3 Å². The quantitative estimate of drug-likeness (QED) is 0.424. The summed E-state index contributed by atoms with van der Waals surface area (Å²) in [4.78, 5) is 41.4. The fourth-order valence-corrected chi connectivity index (χ4v) is 4.10. The third-order valence-electron chi connectivity index (χ3n) is 3.98. The molecule has 0 atom stereocenters. The number of nitrogens with one attached hydrogen (secondary N) is 2. The second-order valence-electron chi connectivity index (χ2n) is 5.89. The van der Waals surface area contributed by atoms with Crippen molar-refractivity contribution in [1.82, 2.24) is 4.98 Å². The van der Waals surface area contributed by atoms with Gasteiger partial charge in [0.05, 0.1) is 10.2 Å². The molecule has 27 heavy (non-hydrogen) atoms. The average molecular weight is 492 g/mol. The summed E-state index contributed by atoms with van der Waals surface area (Å²) in [6, 6.07) is 12.4. The van der Waals surface area contributed by atoms with Crippen molar-refractivity contribution >= 4 is 78.5 Å². The largest absolute Gasteiger partial charge is 0.323 e. The minimum absolute atomic E-state index is 0.222. The number of fused-ring (bicyclic) bond motifs is 1. The Morgan fingerprint density at radius 2 is 1.63 bits per heavy atom. The van der Waals surface area contributed by atoms with Crippen LogP contribution in [0.1, 0.15) is 12.8 Å². The molecule has 7 nitrogen and oxygen atoms in total. The molecule has 2 heterocycles. The van der Waals surface area contributed by atoms with E-state index in [1.807, 2.05) is 24.3 Å². The van der Waals surface area contributed by atoms with Crippen LogP contribution in [-0.4, -0.2) is 22.8 Å². The first kappa shape index (κ1) is 17.9. The van der Waals surface area contributed by atoms with E-state index in [9.17, 15) is 14.4 Å². The molecule has 1 aliphatic rings. The second kappa shape index (κ2) is 7.24. The van der Waals surface area contributed by atoms with Gasteiger partial charge in [-0.25, -0.2) is 14.7 Å². The first-order valence-corrected chi connectivity index (χ1v) is 9.99. The Labute approximate surface area is 171 Å². The molecule has 9 heteroatoms. The van der Waals surface area contributed by atoms with Gasteiger partial charge in [-0.05, 0) is 65.1 Å². The molecule has 136 valence electrons. The number of aromatic nitrogens is 1. The monoisotopic (exact) mass is 492 g/mol. The summed E-state index contributed by atoms with van der Waals surface area (Å²) in [5.74, 6) is -0.455. The molecule has 0 saturated carbocycles. The number of anilines is 3. The Morgan fingerprint density at radius 1 is 1.00 bits per heavy atom. The molecule has 0 spiro atoms. The third-order valence-corrected chi connectivity index (χ3v) is 5.70. The van der Waals surface area contributed by atoms with Crippen LogP contribution in [0.25, 0.3) is 10.2 Å². The zero-order valence-electron chi connectivity index (χ0n) is 13.9. The Kier molecular flexibility index (Phi) is 4.79. The van der Waals surface area contributed by atoms with Crippen molar-refractivity contribution in [2.45, 2.75) is 12.8 Å². The van der Waals surface area contributed by atoms with Gasteiger partial charge in [0, 0.05) is 27.8 Å².